The average Bonchev–Trinajstić information content (AvgIpc) is 3.35. The fourth-order valence-corrected chi connectivity index (χ4v) is 6.57. The largest absolute Gasteiger partial charge is 0.462 e. The molecule has 0 rings (SSSR count). The van der Waals surface area contributed by atoms with Gasteiger partial charge in [-0.1, -0.05) is 198 Å². The number of hydrogen-bond acceptors (Lipinski definition) is 6. The van der Waals surface area contributed by atoms with Gasteiger partial charge in [0.05, 0.1) is 0 Å². The van der Waals surface area contributed by atoms with Crippen molar-refractivity contribution >= 4 is 17.9 Å². The topological polar surface area (TPSA) is 78.9 Å². The molecule has 0 saturated carbocycles. The highest BCUT2D eigenvalue weighted by atomic mass is 16.6. The summed E-state index contributed by atoms with van der Waals surface area (Å²) in [5, 5.41) is 0. The minimum atomic E-state index is -0.833. The summed E-state index contributed by atoms with van der Waals surface area (Å²) >= 11 is 0. The van der Waals surface area contributed by atoms with Gasteiger partial charge >= 0.3 is 17.9 Å². The Balaban J connectivity index is 4.58. The summed E-state index contributed by atoms with van der Waals surface area (Å²) in [7, 11) is 0. The standard InChI is InChI=1S/C63H96O6/c1-4-7-10-13-16-19-22-25-28-29-30-31-32-33-36-38-41-44-47-50-53-56-62(65)68-59-60(69-63(66)57-54-51-48-45-42-39-35-27-24-21-18-15-12-9-6-3)58-67-61(64)55-52-49-46-43-40-37-34-26-23-20-17-14-11-8-5-2/h7-12,16-21,25-28,30-31,33-36,41-42,44-45,60H,4-6,13-15,22-24,29,32,37-40,43,46-59H2,1-3H3/b10-7-,11-8-,12-9-,19-16-,20-17-,21-18-,28-25-,31-30-,34-26-,35-27-,36-33-,44-41-,45-42-. The van der Waals surface area contributed by atoms with Crippen LogP contribution < -0.4 is 0 Å². The normalized spacial score (nSPS) is 13.4. The molecule has 0 saturated heterocycles. The van der Waals surface area contributed by atoms with Crippen molar-refractivity contribution in [2.45, 2.75) is 207 Å². The van der Waals surface area contributed by atoms with Crippen molar-refractivity contribution in [3.8, 4) is 0 Å². The Hall–Kier alpha value is -4.97. The van der Waals surface area contributed by atoms with E-state index in [9.17, 15) is 14.4 Å². The third kappa shape index (κ3) is 53.8. The molecule has 0 amide bonds. The van der Waals surface area contributed by atoms with Gasteiger partial charge in [-0.2, -0.15) is 0 Å². The van der Waals surface area contributed by atoms with E-state index in [-0.39, 0.29) is 44.0 Å². The lowest BCUT2D eigenvalue weighted by atomic mass is 10.1. The van der Waals surface area contributed by atoms with Gasteiger partial charge in [-0.3, -0.25) is 14.4 Å². The molecule has 0 aliphatic carbocycles. The summed E-state index contributed by atoms with van der Waals surface area (Å²) in [6.07, 6.45) is 80.9. The highest BCUT2D eigenvalue weighted by Gasteiger charge is 2.19. The highest BCUT2D eigenvalue weighted by Crippen LogP contribution is 2.11. The van der Waals surface area contributed by atoms with Gasteiger partial charge in [-0.15, -0.1) is 0 Å². The molecule has 1 atom stereocenters. The van der Waals surface area contributed by atoms with Gasteiger partial charge in [0.2, 0.25) is 0 Å². The van der Waals surface area contributed by atoms with Gasteiger partial charge in [0.1, 0.15) is 13.2 Å². The minimum absolute atomic E-state index is 0.126. The van der Waals surface area contributed by atoms with Crippen LogP contribution in [0.25, 0.3) is 0 Å². The van der Waals surface area contributed by atoms with Crippen molar-refractivity contribution < 1.29 is 28.6 Å². The maximum atomic E-state index is 12.8. The monoisotopic (exact) mass is 949 g/mol. The zero-order valence-corrected chi connectivity index (χ0v) is 43.8. The number of carbonyl (C=O) groups excluding carboxylic acids is 3. The first-order valence-electron chi connectivity index (χ1n) is 27.0. The first-order valence-corrected chi connectivity index (χ1v) is 27.0. The van der Waals surface area contributed by atoms with E-state index in [0.717, 1.165) is 148 Å². The second-order valence-corrected chi connectivity index (χ2v) is 17.0. The molecule has 0 fully saturated rings. The Bertz CT molecular complexity index is 1610. The van der Waals surface area contributed by atoms with Crippen LogP contribution in [0.2, 0.25) is 0 Å². The lowest BCUT2D eigenvalue weighted by Crippen LogP contribution is -2.30. The van der Waals surface area contributed by atoms with Crippen LogP contribution in [-0.2, 0) is 28.6 Å². The zero-order valence-electron chi connectivity index (χ0n) is 43.8. The lowest BCUT2D eigenvalue weighted by molar-refractivity contribution is -0.167. The Labute approximate surface area is 422 Å². The molecule has 0 aliphatic rings. The van der Waals surface area contributed by atoms with Gasteiger partial charge in [-0.25, -0.2) is 0 Å². The first kappa shape index (κ1) is 64.0. The third-order valence-corrected chi connectivity index (χ3v) is 10.5. The van der Waals surface area contributed by atoms with E-state index in [1.807, 2.05) is 0 Å². The summed E-state index contributed by atoms with van der Waals surface area (Å²) in [6.45, 7) is 6.18. The number of allylic oxidation sites excluding steroid dienone is 26. The number of unbranched alkanes of at least 4 members (excludes halogenated alkanes) is 9. The molecule has 0 spiro atoms. The molecule has 0 aromatic rings. The highest BCUT2D eigenvalue weighted by molar-refractivity contribution is 5.71. The van der Waals surface area contributed by atoms with Gasteiger partial charge in [0, 0.05) is 19.3 Å². The summed E-state index contributed by atoms with van der Waals surface area (Å²) in [5.41, 5.74) is 0. The van der Waals surface area contributed by atoms with E-state index >= 15 is 0 Å². The molecule has 0 aromatic heterocycles. The summed E-state index contributed by atoms with van der Waals surface area (Å²) in [5.74, 6) is -1.04. The molecule has 0 bridgehead atoms. The van der Waals surface area contributed by atoms with Crippen LogP contribution >= 0.6 is 0 Å². The molecule has 1 unspecified atom stereocenters. The lowest BCUT2D eigenvalue weighted by Gasteiger charge is -2.18. The summed E-state index contributed by atoms with van der Waals surface area (Å²) in [4.78, 5) is 38.1. The van der Waals surface area contributed by atoms with Crippen molar-refractivity contribution in [3.05, 3.63) is 158 Å². The Kier molecular flexibility index (Phi) is 51.6. The van der Waals surface area contributed by atoms with Crippen molar-refractivity contribution in [1.29, 1.82) is 0 Å². The SMILES string of the molecule is CC/C=C\C/C=C\C/C=C\C/C=C\C/C=C\C/C=C\CCCCC(=O)OCC(COC(=O)CCCCCCC/C=C\C/C=C\C/C=C\CC)OC(=O)CCCC/C=C\C/C=C\C/C=C\C/C=C\CC. The third-order valence-electron chi connectivity index (χ3n) is 10.5. The Morgan fingerprint density at radius 2 is 0.522 bits per heavy atom. The van der Waals surface area contributed by atoms with Crippen LogP contribution in [-0.4, -0.2) is 37.2 Å². The fraction of sp³-hybridized carbons (Fsp3) is 0.540. The molecule has 6 heteroatoms. The van der Waals surface area contributed by atoms with Crippen LogP contribution in [0.15, 0.2) is 158 Å². The second kappa shape index (κ2) is 55.6. The molecule has 0 N–H and O–H groups in total. The van der Waals surface area contributed by atoms with Gasteiger partial charge in [0.25, 0.3) is 0 Å². The molecular weight excluding hydrogens is 853 g/mol. The van der Waals surface area contributed by atoms with E-state index in [1.165, 1.54) is 0 Å². The molecule has 0 radical (unpaired) electrons. The molecule has 0 aromatic carbocycles. The number of ether oxygens (including phenoxy) is 3. The maximum Gasteiger partial charge on any atom is 0.306 e. The molecule has 0 aliphatic heterocycles. The van der Waals surface area contributed by atoms with E-state index in [2.05, 4.69) is 179 Å². The molecule has 384 valence electrons. The predicted molar refractivity (Wildman–Crippen MR) is 297 cm³/mol. The Morgan fingerprint density at radius 3 is 0.841 bits per heavy atom. The number of hydrogen-bond donors (Lipinski definition) is 0. The molecule has 69 heavy (non-hydrogen) atoms. The summed E-state index contributed by atoms with van der Waals surface area (Å²) in [6, 6.07) is 0. The van der Waals surface area contributed by atoms with E-state index in [4.69, 9.17) is 14.2 Å². The minimum Gasteiger partial charge on any atom is -0.462 e. The second-order valence-electron chi connectivity index (χ2n) is 17.0. The maximum absolute atomic E-state index is 12.8. The number of esters is 3. The van der Waals surface area contributed by atoms with Crippen LogP contribution in [0, 0.1) is 0 Å². The van der Waals surface area contributed by atoms with E-state index < -0.39 is 6.10 Å². The van der Waals surface area contributed by atoms with Crippen LogP contribution in [0.4, 0.5) is 0 Å². The smallest absolute Gasteiger partial charge is 0.306 e. The van der Waals surface area contributed by atoms with Crippen LogP contribution in [0.5, 0.6) is 0 Å². The first-order chi connectivity index (χ1) is 34.0. The number of rotatable bonds is 46. The van der Waals surface area contributed by atoms with Crippen LogP contribution in [0.1, 0.15) is 201 Å². The van der Waals surface area contributed by atoms with Crippen molar-refractivity contribution in [2.75, 3.05) is 13.2 Å². The fourth-order valence-electron chi connectivity index (χ4n) is 6.57. The quantitative estimate of drug-likeness (QED) is 0.0262. The van der Waals surface area contributed by atoms with Gasteiger partial charge in [-0.05, 0) is 141 Å². The molecular formula is C63H96O6. The predicted octanol–water partition coefficient (Wildman–Crippen LogP) is 18.2. The van der Waals surface area contributed by atoms with Crippen molar-refractivity contribution in [1.82, 2.24) is 0 Å². The average molecular weight is 949 g/mol. The van der Waals surface area contributed by atoms with Gasteiger partial charge < -0.3 is 14.2 Å². The number of carbonyl (C=O) groups is 3. The molecule has 6 nitrogen and oxygen atoms in total. The zero-order chi connectivity index (χ0) is 50.0. The Morgan fingerprint density at radius 1 is 0.290 bits per heavy atom. The van der Waals surface area contributed by atoms with E-state index in [1.54, 1.807) is 0 Å². The summed E-state index contributed by atoms with van der Waals surface area (Å²) < 4.78 is 16.7. The van der Waals surface area contributed by atoms with Crippen molar-refractivity contribution in [3.63, 3.8) is 0 Å². The van der Waals surface area contributed by atoms with E-state index in [0.29, 0.717) is 19.3 Å². The van der Waals surface area contributed by atoms with Crippen molar-refractivity contribution in [2.24, 2.45) is 0 Å². The van der Waals surface area contributed by atoms with Gasteiger partial charge in [0.15, 0.2) is 6.10 Å². The molecule has 0 heterocycles. The van der Waals surface area contributed by atoms with Crippen LogP contribution in [0.3, 0.4) is 0 Å².